The lowest BCUT2D eigenvalue weighted by molar-refractivity contribution is -0.0618. The average Bonchev–Trinajstić information content (AvgIpc) is 2.73. The third-order valence-corrected chi connectivity index (χ3v) is 3.67. The Morgan fingerprint density at radius 2 is 2.64 bits per heavy atom. The fraction of sp³-hybridized carbons (Fsp3) is 0.667. The zero-order valence-corrected chi connectivity index (χ0v) is 9.44. The molecular formula is C9H12ClNO2S. The van der Waals surface area contributed by atoms with Gasteiger partial charge in [-0.15, -0.1) is 11.3 Å². The van der Waals surface area contributed by atoms with Gasteiger partial charge in [-0.2, -0.15) is 0 Å². The van der Waals surface area contributed by atoms with Crippen LogP contribution in [0.2, 0.25) is 4.34 Å². The molecule has 1 fully saturated rings. The summed E-state index contributed by atoms with van der Waals surface area (Å²) in [5.41, 5.74) is -0.400. The van der Waals surface area contributed by atoms with Crippen molar-refractivity contribution in [3.05, 3.63) is 15.5 Å². The molecule has 5 heteroatoms. The second kappa shape index (κ2) is 3.77. The molecule has 1 N–H and O–H groups in total. The number of rotatable bonds is 2. The van der Waals surface area contributed by atoms with Gasteiger partial charge < -0.3 is 9.84 Å². The molecule has 1 aromatic heterocycles. The monoisotopic (exact) mass is 233 g/mol. The summed E-state index contributed by atoms with van der Waals surface area (Å²) in [5, 5.41) is 10.0. The number of thiazole rings is 1. The smallest absolute Gasteiger partial charge is 0.123 e. The molecule has 2 unspecified atom stereocenters. The Bertz CT molecular complexity index is 330. The molecule has 0 radical (unpaired) electrons. The second-order valence-electron chi connectivity index (χ2n) is 3.76. The van der Waals surface area contributed by atoms with Crippen LogP contribution in [0.25, 0.3) is 0 Å². The predicted octanol–water partition coefficient (Wildman–Crippen LogP) is 2.40. The fourth-order valence-corrected chi connectivity index (χ4v) is 2.60. The van der Waals surface area contributed by atoms with Crippen molar-refractivity contribution >= 4 is 22.9 Å². The van der Waals surface area contributed by atoms with Crippen molar-refractivity contribution in [3.8, 4) is 0 Å². The van der Waals surface area contributed by atoms with E-state index in [1.54, 1.807) is 6.20 Å². The first-order chi connectivity index (χ1) is 6.63. The molecule has 1 aliphatic rings. The number of aliphatic hydroxyl groups excluding tert-OH is 1. The summed E-state index contributed by atoms with van der Waals surface area (Å²) < 4.78 is 6.42. The maximum Gasteiger partial charge on any atom is 0.123 e. The summed E-state index contributed by atoms with van der Waals surface area (Å²) in [5.74, 6) is 0. The van der Waals surface area contributed by atoms with E-state index in [1.807, 2.05) is 6.92 Å². The van der Waals surface area contributed by atoms with Gasteiger partial charge in [-0.3, -0.25) is 0 Å². The Kier molecular flexibility index (Phi) is 2.79. The number of ether oxygens (including phenoxy) is 1. The van der Waals surface area contributed by atoms with E-state index in [1.165, 1.54) is 11.3 Å². The quantitative estimate of drug-likeness (QED) is 0.853. The van der Waals surface area contributed by atoms with Crippen LogP contribution in [0, 0.1) is 0 Å². The minimum atomic E-state index is -0.400. The van der Waals surface area contributed by atoms with E-state index in [4.69, 9.17) is 21.4 Å². The van der Waals surface area contributed by atoms with Gasteiger partial charge in [0.2, 0.25) is 0 Å². The van der Waals surface area contributed by atoms with E-state index < -0.39 is 5.60 Å². The van der Waals surface area contributed by atoms with Gasteiger partial charge in [-0.05, 0) is 19.8 Å². The maximum atomic E-state index is 9.13. The molecule has 14 heavy (non-hydrogen) atoms. The van der Waals surface area contributed by atoms with Crippen molar-refractivity contribution in [1.29, 1.82) is 0 Å². The first-order valence-electron chi connectivity index (χ1n) is 4.53. The number of aromatic nitrogens is 1. The topological polar surface area (TPSA) is 42.4 Å². The van der Waals surface area contributed by atoms with E-state index in [-0.39, 0.29) is 12.7 Å². The lowest BCUT2D eigenvalue weighted by atomic mass is 10.0. The molecule has 0 saturated carbocycles. The van der Waals surface area contributed by atoms with Crippen LogP contribution in [0.15, 0.2) is 6.20 Å². The highest BCUT2D eigenvalue weighted by Gasteiger charge is 2.37. The van der Waals surface area contributed by atoms with Gasteiger partial charge in [0.15, 0.2) is 0 Å². The molecule has 78 valence electrons. The maximum absolute atomic E-state index is 9.13. The summed E-state index contributed by atoms with van der Waals surface area (Å²) in [6, 6.07) is 0. The van der Waals surface area contributed by atoms with Crippen LogP contribution >= 0.6 is 22.9 Å². The zero-order valence-electron chi connectivity index (χ0n) is 7.86. The Labute approximate surface area is 91.7 Å². The van der Waals surface area contributed by atoms with Crippen LogP contribution in [0.1, 0.15) is 30.9 Å². The minimum Gasteiger partial charge on any atom is -0.393 e. The van der Waals surface area contributed by atoms with Gasteiger partial charge in [0.1, 0.15) is 15.4 Å². The molecule has 0 amide bonds. The predicted molar refractivity (Wildman–Crippen MR) is 55.7 cm³/mol. The van der Waals surface area contributed by atoms with Gasteiger partial charge in [0.25, 0.3) is 0 Å². The van der Waals surface area contributed by atoms with E-state index >= 15 is 0 Å². The van der Waals surface area contributed by atoms with Crippen molar-refractivity contribution in [1.82, 2.24) is 4.98 Å². The molecule has 1 saturated heterocycles. The van der Waals surface area contributed by atoms with Crippen LogP contribution in [0.5, 0.6) is 0 Å². The second-order valence-corrected chi connectivity index (χ2v) is 5.45. The lowest BCUT2D eigenvalue weighted by Crippen LogP contribution is -2.27. The first kappa shape index (κ1) is 10.4. The molecule has 0 bridgehead atoms. The van der Waals surface area contributed by atoms with E-state index in [0.717, 1.165) is 17.8 Å². The summed E-state index contributed by atoms with van der Waals surface area (Å²) in [4.78, 5) is 4.18. The van der Waals surface area contributed by atoms with Crippen molar-refractivity contribution in [2.75, 3.05) is 6.61 Å². The number of aliphatic hydroxyl groups is 1. The molecule has 2 atom stereocenters. The number of nitrogens with zero attached hydrogens (tertiary/aromatic N) is 1. The van der Waals surface area contributed by atoms with Gasteiger partial charge in [0.05, 0.1) is 18.4 Å². The van der Waals surface area contributed by atoms with E-state index in [0.29, 0.717) is 4.34 Å². The van der Waals surface area contributed by atoms with Gasteiger partial charge in [0, 0.05) is 0 Å². The molecule has 2 heterocycles. The van der Waals surface area contributed by atoms with E-state index in [2.05, 4.69) is 4.98 Å². The standard InChI is InChI=1S/C9H12ClNO2S/c1-9(5-12)3-2-6(13-9)8-11-4-7(10)14-8/h4,6,12H,2-3,5H2,1H3. The van der Waals surface area contributed by atoms with Crippen LogP contribution in [-0.2, 0) is 4.74 Å². The summed E-state index contributed by atoms with van der Waals surface area (Å²) in [6.07, 6.45) is 3.41. The zero-order chi connectivity index (χ0) is 10.2. The Hall–Kier alpha value is -0.160. The molecule has 0 aliphatic carbocycles. The van der Waals surface area contributed by atoms with Gasteiger partial charge in [-0.25, -0.2) is 4.98 Å². The highest BCUT2D eigenvalue weighted by molar-refractivity contribution is 7.15. The Balaban J connectivity index is 2.09. The van der Waals surface area contributed by atoms with Gasteiger partial charge in [-0.1, -0.05) is 11.6 Å². The Morgan fingerprint density at radius 1 is 1.86 bits per heavy atom. The van der Waals surface area contributed by atoms with Gasteiger partial charge >= 0.3 is 0 Å². The summed E-state index contributed by atoms with van der Waals surface area (Å²) in [7, 11) is 0. The molecule has 1 aromatic rings. The van der Waals surface area contributed by atoms with Crippen molar-refractivity contribution in [3.63, 3.8) is 0 Å². The first-order valence-corrected chi connectivity index (χ1v) is 5.72. The minimum absolute atomic E-state index is 0.00431. The fourth-order valence-electron chi connectivity index (χ4n) is 1.60. The van der Waals surface area contributed by atoms with Crippen LogP contribution in [0.3, 0.4) is 0 Å². The highest BCUT2D eigenvalue weighted by Crippen LogP contribution is 2.40. The lowest BCUT2D eigenvalue weighted by Gasteiger charge is -2.21. The van der Waals surface area contributed by atoms with Crippen molar-refractivity contribution in [2.45, 2.75) is 31.5 Å². The Morgan fingerprint density at radius 3 is 3.14 bits per heavy atom. The van der Waals surface area contributed by atoms with Crippen LogP contribution < -0.4 is 0 Å². The number of halogens is 1. The van der Waals surface area contributed by atoms with Crippen molar-refractivity contribution < 1.29 is 9.84 Å². The molecular weight excluding hydrogens is 222 g/mol. The summed E-state index contributed by atoms with van der Waals surface area (Å²) in [6.45, 7) is 1.98. The number of hydrogen-bond acceptors (Lipinski definition) is 4. The van der Waals surface area contributed by atoms with E-state index in [9.17, 15) is 0 Å². The molecule has 0 spiro atoms. The van der Waals surface area contributed by atoms with Crippen molar-refractivity contribution in [2.24, 2.45) is 0 Å². The SMILES string of the molecule is CC1(CO)CCC(c2ncc(Cl)s2)O1. The molecule has 1 aliphatic heterocycles. The third-order valence-electron chi connectivity index (χ3n) is 2.47. The number of hydrogen-bond donors (Lipinski definition) is 1. The largest absolute Gasteiger partial charge is 0.393 e. The van der Waals surface area contributed by atoms with Crippen LogP contribution in [-0.4, -0.2) is 22.3 Å². The summed E-state index contributed by atoms with van der Waals surface area (Å²) >= 11 is 7.24. The molecule has 3 nitrogen and oxygen atoms in total. The van der Waals surface area contributed by atoms with Crippen LogP contribution in [0.4, 0.5) is 0 Å². The third kappa shape index (κ3) is 1.93. The normalized spacial score (nSPS) is 32.4. The highest BCUT2D eigenvalue weighted by atomic mass is 35.5. The molecule has 0 aromatic carbocycles. The average molecular weight is 234 g/mol. The molecule has 2 rings (SSSR count).